The van der Waals surface area contributed by atoms with Crippen molar-refractivity contribution < 1.29 is 4.79 Å². The zero-order valence-electron chi connectivity index (χ0n) is 10.5. The van der Waals surface area contributed by atoms with E-state index in [0.29, 0.717) is 5.82 Å². The van der Waals surface area contributed by atoms with E-state index < -0.39 is 6.04 Å². The number of nitrogens with zero attached hydrogens (tertiary/aromatic N) is 2. The topological polar surface area (TPSA) is 60.9 Å². The predicted molar refractivity (Wildman–Crippen MR) is 64.3 cm³/mol. The van der Waals surface area contributed by atoms with Crippen molar-refractivity contribution in [1.29, 1.82) is 0 Å². The van der Waals surface area contributed by atoms with E-state index in [0.717, 1.165) is 13.0 Å². The summed E-state index contributed by atoms with van der Waals surface area (Å²) in [7, 11) is 0. The van der Waals surface area contributed by atoms with Gasteiger partial charge in [-0.3, -0.25) is 4.79 Å². The largest absolute Gasteiger partial charge is 0.328 e. The van der Waals surface area contributed by atoms with Crippen LogP contribution in [-0.2, 0) is 6.54 Å². The van der Waals surface area contributed by atoms with Gasteiger partial charge >= 0.3 is 0 Å². The van der Waals surface area contributed by atoms with Gasteiger partial charge < -0.3 is 10.3 Å². The third kappa shape index (κ3) is 2.70. The predicted octanol–water partition coefficient (Wildman–Crippen LogP) is 1.85. The average Bonchev–Trinajstić information content (AvgIpc) is 2.63. The number of imidazole rings is 1. The second-order valence-corrected chi connectivity index (χ2v) is 5.15. The molecule has 0 amide bonds. The van der Waals surface area contributed by atoms with E-state index in [9.17, 15) is 4.79 Å². The van der Waals surface area contributed by atoms with Gasteiger partial charge in [-0.15, -0.1) is 0 Å². The molecule has 4 nitrogen and oxygen atoms in total. The molecule has 0 radical (unpaired) electrons. The Kier molecular flexibility index (Phi) is 3.86. The van der Waals surface area contributed by atoms with Gasteiger partial charge in [0.25, 0.3) is 0 Å². The number of ketones is 1. The molecule has 90 valence electrons. The zero-order valence-corrected chi connectivity index (χ0v) is 10.5. The van der Waals surface area contributed by atoms with Gasteiger partial charge in [-0.05, 0) is 11.8 Å². The summed E-state index contributed by atoms with van der Waals surface area (Å²) in [5.74, 6) is 0.398. The van der Waals surface area contributed by atoms with Crippen LogP contribution < -0.4 is 5.73 Å². The van der Waals surface area contributed by atoms with Crippen LogP contribution in [0.2, 0.25) is 0 Å². The van der Waals surface area contributed by atoms with Crippen molar-refractivity contribution in [3.8, 4) is 0 Å². The van der Waals surface area contributed by atoms with Crippen LogP contribution in [0.5, 0.6) is 0 Å². The maximum absolute atomic E-state index is 12.1. The van der Waals surface area contributed by atoms with Crippen molar-refractivity contribution in [2.45, 2.75) is 46.7 Å². The van der Waals surface area contributed by atoms with Crippen LogP contribution in [0.25, 0.3) is 0 Å². The standard InChI is InChI=1S/C12H21N3O/c1-5-7-15-8-6-14-11(15)9(16)10(13)12(2,3)4/h6,8,10H,5,7,13H2,1-4H3. The Morgan fingerprint density at radius 3 is 2.69 bits per heavy atom. The molecular formula is C12H21N3O. The highest BCUT2D eigenvalue weighted by Crippen LogP contribution is 2.20. The van der Waals surface area contributed by atoms with Crippen molar-refractivity contribution in [2.24, 2.45) is 11.1 Å². The normalized spacial score (nSPS) is 13.8. The molecule has 0 bridgehead atoms. The Hall–Kier alpha value is -1.16. The fraction of sp³-hybridized carbons (Fsp3) is 0.667. The van der Waals surface area contributed by atoms with Crippen molar-refractivity contribution in [2.75, 3.05) is 0 Å². The first kappa shape index (κ1) is 12.9. The molecule has 0 aliphatic carbocycles. The van der Waals surface area contributed by atoms with Crippen LogP contribution in [-0.4, -0.2) is 21.4 Å². The van der Waals surface area contributed by atoms with E-state index in [1.807, 2.05) is 31.5 Å². The number of nitrogens with two attached hydrogens (primary N) is 1. The Bertz CT molecular complexity index is 363. The molecule has 1 aromatic heterocycles. The second kappa shape index (κ2) is 4.78. The summed E-state index contributed by atoms with van der Waals surface area (Å²) in [5.41, 5.74) is 5.71. The summed E-state index contributed by atoms with van der Waals surface area (Å²) >= 11 is 0. The summed E-state index contributed by atoms with van der Waals surface area (Å²) in [4.78, 5) is 16.2. The van der Waals surface area contributed by atoms with E-state index in [2.05, 4.69) is 11.9 Å². The third-order valence-electron chi connectivity index (χ3n) is 2.62. The summed E-state index contributed by atoms with van der Waals surface area (Å²) in [6.07, 6.45) is 4.45. The minimum Gasteiger partial charge on any atom is -0.328 e. The molecule has 0 saturated heterocycles. The molecule has 0 aliphatic heterocycles. The Morgan fingerprint density at radius 2 is 2.19 bits per heavy atom. The monoisotopic (exact) mass is 223 g/mol. The number of hydrogen-bond donors (Lipinski definition) is 1. The van der Waals surface area contributed by atoms with E-state index in [-0.39, 0.29) is 11.2 Å². The quantitative estimate of drug-likeness (QED) is 0.792. The van der Waals surface area contributed by atoms with E-state index >= 15 is 0 Å². The lowest BCUT2D eigenvalue weighted by Gasteiger charge is -2.25. The summed E-state index contributed by atoms with van der Waals surface area (Å²) in [5, 5.41) is 0. The SMILES string of the molecule is CCCn1ccnc1C(=O)C(N)C(C)(C)C. The number of aromatic nitrogens is 2. The molecule has 16 heavy (non-hydrogen) atoms. The number of rotatable bonds is 4. The molecule has 0 aliphatic rings. The van der Waals surface area contributed by atoms with Gasteiger partial charge in [0.15, 0.2) is 5.82 Å². The van der Waals surface area contributed by atoms with Gasteiger partial charge in [0, 0.05) is 18.9 Å². The molecule has 1 aromatic rings. The summed E-state index contributed by atoms with van der Waals surface area (Å²) < 4.78 is 1.87. The molecule has 0 spiro atoms. The molecule has 4 heteroatoms. The van der Waals surface area contributed by atoms with Crippen LogP contribution in [0, 0.1) is 5.41 Å². The van der Waals surface area contributed by atoms with Gasteiger partial charge in [-0.25, -0.2) is 4.98 Å². The number of hydrogen-bond acceptors (Lipinski definition) is 3. The highest BCUT2D eigenvalue weighted by atomic mass is 16.1. The molecule has 1 rings (SSSR count). The minimum atomic E-state index is -0.509. The van der Waals surface area contributed by atoms with Gasteiger partial charge in [-0.2, -0.15) is 0 Å². The first-order chi connectivity index (χ1) is 7.38. The molecule has 0 fully saturated rings. The van der Waals surface area contributed by atoms with Crippen LogP contribution in [0.1, 0.15) is 44.7 Å². The lowest BCUT2D eigenvalue weighted by molar-refractivity contribution is 0.0886. The number of Topliss-reactive ketones (excluding diaryl/α,β-unsaturated/α-hetero) is 1. The Labute approximate surface area is 96.9 Å². The number of aryl methyl sites for hydroxylation is 1. The average molecular weight is 223 g/mol. The first-order valence-corrected chi connectivity index (χ1v) is 5.69. The van der Waals surface area contributed by atoms with E-state index in [4.69, 9.17) is 5.73 Å². The van der Waals surface area contributed by atoms with E-state index in [1.54, 1.807) is 6.20 Å². The van der Waals surface area contributed by atoms with Crippen LogP contribution in [0.3, 0.4) is 0 Å². The second-order valence-electron chi connectivity index (χ2n) is 5.15. The Morgan fingerprint density at radius 1 is 1.56 bits per heavy atom. The van der Waals surface area contributed by atoms with E-state index in [1.165, 1.54) is 0 Å². The number of carbonyl (C=O) groups excluding carboxylic acids is 1. The molecule has 1 unspecified atom stereocenters. The van der Waals surface area contributed by atoms with Gasteiger partial charge in [0.05, 0.1) is 6.04 Å². The van der Waals surface area contributed by atoms with Crippen LogP contribution >= 0.6 is 0 Å². The molecule has 0 saturated carbocycles. The minimum absolute atomic E-state index is 0.0778. The summed E-state index contributed by atoms with van der Waals surface area (Å²) in [6.45, 7) is 8.75. The lowest BCUT2D eigenvalue weighted by atomic mass is 9.84. The van der Waals surface area contributed by atoms with Gasteiger partial charge in [-0.1, -0.05) is 27.7 Å². The molecular weight excluding hydrogens is 202 g/mol. The van der Waals surface area contributed by atoms with Crippen molar-refractivity contribution in [3.05, 3.63) is 18.2 Å². The highest BCUT2D eigenvalue weighted by molar-refractivity contribution is 5.97. The zero-order chi connectivity index (χ0) is 12.3. The van der Waals surface area contributed by atoms with Crippen LogP contribution in [0.15, 0.2) is 12.4 Å². The van der Waals surface area contributed by atoms with Crippen molar-refractivity contribution in [1.82, 2.24) is 9.55 Å². The smallest absolute Gasteiger partial charge is 0.215 e. The summed E-state index contributed by atoms with van der Waals surface area (Å²) in [6, 6.07) is -0.509. The van der Waals surface area contributed by atoms with Gasteiger partial charge in [0.1, 0.15) is 0 Å². The lowest BCUT2D eigenvalue weighted by Crippen LogP contribution is -2.43. The van der Waals surface area contributed by atoms with Crippen LogP contribution in [0.4, 0.5) is 0 Å². The van der Waals surface area contributed by atoms with Crippen molar-refractivity contribution in [3.63, 3.8) is 0 Å². The van der Waals surface area contributed by atoms with Gasteiger partial charge in [0.2, 0.25) is 5.78 Å². The maximum atomic E-state index is 12.1. The fourth-order valence-electron chi connectivity index (χ4n) is 1.49. The first-order valence-electron chi connectivity index (χ1n) is 5.69. The fourth-order valence-corrected chi connectivity index (χ4v) is 1.49. The molecule has 1 atom stereocenters. The Balaban J connectivity index is 2.92. The highest BCUT2D eigenvalue weighted by Gasteiger charge is 2.30. The molecule has 1 heterocycles. The third-order valence-corrected chi connectivity index (χ3v) is 2.62. The molecule has 0 aromatic carbocycles. The molecule has 2 N–H and O–H groups in total. The maximum Gasteiger partial charge on any atom is 0.215 e. The number of carbonyl (C=O) groups is 1. The van der Waals surface area contributed by atoms with Crippen molar-refractivity contribution >= 4 is 5.78 Å².